The van der Waals surface area contributed by atoms with Gasteiger partial charge in [-0.3, -0.25) is 4.79 Å². The van der Waals surface area contributed by atoms with Gasteiger partial charge >= 0.3 is 0 Å². The number of hydrogen-bond donors (Lipinski definition) is 1. The number of benzene rings is 1. The summed E-state index contributed by atoms with van der Waals surface area (Å²) in [5.74, 6) is -0.163. The van der Waals surface area contributed by atoms with Gasteiger partial charge in [-0.1, -0.05) is 28.1 Å². The Morgan fingerprint density at radius 2 is 1.84 bits per heavy atom. The third-order valence-corrected chi connectivity index (χ3v) is 4.24. The van der Waals surface area contributed by atoms with Gasteiger partial charge in [0, 0.05) is 16.3 Å². The zero-order chi connectivity index (χ0) is 13.8. The smallest absolute Gasteiger partial charge is 0.236 e. The van der Waals surface area contributed by atoms with Crippen LogP contribution in [0.25, 0.3) is 10.4 Å². The standard InChI is InChI=1S/C14H13BrN2OS/c1-9(16-17-10(2)18)13-7-8-14(19-13)11-3-5-12(15)6-4-11/h3-8H,1-2H3,(H,17,18)/b16-9-. The highest BCUT2D eigenvalue weighted by molar-refractivity contribution is 9.10. The Bertz CT molecular complexity index is 617. The summed E-state index contributed by atoms with van der Waals surface area (Å²) in [6.07, 6.45) is 0. The number of nitrogens with zero attached hydrogens (tertiary/aromatic N) is 1. The molecule has 19 heavy (non-hydrogen) atoms. The molecule has 0 spiro atoms. The molecule has 0 aliphatic heterocycles. The molecule has 0 saturated carbocycles. The summed E-state index contributed by atoms with van der Waals surface area (Å²) < 4.78 is 1.07. The van der Waals surface area contributed by atoms with Crippen molar-refractivity contribution >= 4 is 38.9 Å². The number of amides is 1. The molecule has 2 aromatic rings. The predicted octanol–water partition coefficient (Wildman–Crippen LogP) is 4.04. The highest BCUT2D eigenvalue weighted by atomic mass is 79.9. The molecular weight excluding hydrogens is 324 g/mol. The number of nitrogens with one attached hydrogen (secondary N) is 1. The number of hydrogen-bond acceptors (Lipinski definition) is 3. The van der Waals surface area contributed by atoms with E-state index in [1.54, 1.807) is 11.3 Å². The minimum atomic E-state index is -0.163. The molecule has 0 radical (unpaired) electrons. The van der Waals surface area contributed by atoms with Crippen LogP contribution in [-0.4, -0.2) is 11.6 Å². The summed E-state index contributed by atoms with van der Waals surface area (Å²) in [6.45, 7) is 3.32. The zero-order valence-electron chi connectivity index (χ0n) is 10.6. The summed E-state index contributed by atoms with van der Waals surface area (Å²) in [5.41, 5.74) is 4.43. The highest BCUT2D eigenvalue weighted by Gasteiger charge is 2.05. The van der Waals surface area contributed by atoms with E-state index in [2.05, 4.69) is 44.7 Å². The topological polar surface area (TPSA) is 41.5 Å². The Labute approximate surface area is 124 Å². The average molecular weight is 337 g/mol. The molecule has 3 nitrogen and oxygen atoms in total. The molecule has 1 heterocycles. The van der Waals surface area contributed by atoms with Crippen LogP contribution >= 0.6 is 27.3 Å². The molecule has 1 aromatic carbocycles. The molecule has 98 valence electrons. The van der Waals surface area contributed by atoms with Gasteiger partial charge in [-0.25, -0.2) is 5.43 Å². The number of rotatable bonds is 3. The normalized spacial score (nSPS) is 11.4. The first-order valence-electron chi connectivity index (χ1n) is 5.73. The second-order valence-corrected chi connectivity index (χ2v) is 6.04. The molecular formula is C14H13BrN2OS. The SMILES string of the molecule is CC(=O)N/N=C(/C)c1ccc(-c2ccc(Br)cc2)s1. The van der Waals surface area contributed by atoms with Crippen molar-refractivity contribution in [3.05, 3.63) is 45.7 Å². The largest absolute Gasteiger partial charge is 0.274 e. The summed E-state index contributed by atoms with van der Waals surface area (Å²) in [7, 11) is 0. The van der Waals surface area contributed by atoms with E-state index in [4.69, 9.17) is 0 Å². The summed E-state index contributed by atoms with van der Waals surface area (Å²) >= 11 is 5.08. The highest BCUT2D eigenvalue weighted by Crippen LogP contribution is 2.29. The monoisotopic (exact) mass is 336 g/mol. The molecule has 0 atom stereocenters. The van der Waals surface area contributed by atoms with Crippen LogP contribution < -0.4 is 5.43 Å². The summed E-state index contributed by atoms with van der Waals surface area (Å²) in [4.78, 5) is 13.0. The quantitative estimate of drug-likeness (QED) is 0.667. The molecule has 0 aliphatic rings. The van der Waals surface area contributed by atoms with Crippen LogP contribution in [0.2, 0.25) is 0 Å². The van der Waals surface area contributed by atoms with Crippen molar-refractivity contribution in [2.45, 2.75) is 13.8 Å². The molecule has 1 N–H and O–H groups in total. The Balaban J connectivity index is 2.21. The van der Waals surface area contributed by atoms with Gasteiger partial charge in [0.15, 0.2) is 0 Å². The van der Waals surface area contributed by atoms with E-state index in [9.17, 15) is 4.79 Å². The van der Waals surface area contributed by atoms with Crippen LogP contribution in [0.1, 0.15) is 18.7 Å². The number of halogens is 1. The lowest BCUT2D eigenvalue weighted by Gasteiger charge is -1.98. The number of carbonyl (C=O) groups is 1. The Morgan fingerprint density at radius 1 is 1.16 bits per heavy atom. The molecule has 1 amide bonds. The molecule has 5 heteroatoms. The summed E-state index contributed by atoms with van der Waals surface area (Å²) in [6, 6.07) is 12.3. The third kappa shape index (κ3) is 3.75. The van der Waals surface area contributed by atoms with Crippen molar-refractivity contribution in [1.29, 1.82) is 0 Å². The van der Waals surface area contributed by atoms with Crippen LogP contribution in [0.5, 0.6) is 0 Å². The third-order valence-electron chi connectivity index (χ3n) is 2.47. The van der Waals surface area contributed by atoms with Crippen molar-refractivity contribution in [2.75, 3.05) is 0 Å². The van der Waals surface area contributed by atoms with Crippen LogP contribution in [0.3, 0.4) is 0 Å². The van der Waals surface area contributed by atoms with E-state index >= 15 is 0 Å². The second-order valence-electron chi connectivity index (χ2n) is 4.04. The summed E-state index contributed by atoms with van der Waals surface area (Å²) in [5, 5.41) is 4.04. The van der Waals surface area contributed by atoms with Gasteiger partial charge in [-0.05, 0) is 36.8 Å². The van der Waals surface area contributed by atoms with E-state index in [0.717, 1.165) is 15.1 Å². The van der Waals surface area contributed by atoms with E-state index in [1.807, 2.05) is 25.1 Å². The Kier molecular flexibility index (Phi) is 4.50. The van der Waals surface area contributed by atoms with E-state index in [0.29, 0.717) is 0 Å². The van der Waals surface area contributed by atoms with Crippen LogP contribution in [-0.2, 0) is 4.79 Å². The Morgan fingerprint density at radius 3 is 2.47 bits per heavy atom. The minimum Gasteiger partial charge on any atom is -0.274 e. The van der Waals surface area contributed by atoms with Crippen LogP contribution in [0.4, 0.5) is 0 Å². The fraction of sp³-hybridized carbons (Fsp3) is 0.143. The van der Waals surface area contributed by atoms with Crippen LogP contribution in [0.15, 0.2) is 46.0 Å². The average Bonchev–Trinajstić information content (AvgIpc) is 2.86. The van der Waals surface area contributed by atoms with Crippen molar-refractivity contribution in [3.63, 3.8) is 0 Å². The maximum Gasteiger partial charge on any atom is 0.236 e. The van der Waals surface area contributed by atoms with Gasteiger partial charge in [0.2, 0.25) is 5.91 Å². The molecule has 2 rings (SSSR count). The van der Waals surface area contributed by atoms with Crippen molar-refractivity contribution in [3.8, 4) is 10.4 Å². The van der Waals surface area contributed by atoms with Crippen LogP contribution in [0, 0.1) is 0 Å². The fourth-order valence-corrected chi connectivity index (χ4v) is 2.74. The molecule has 1 aromatic heterocycles. The van der Waals surface area contributed by atoms with Gasteiger partial charge in [0.25, 0.3) is 0 Å². The maximum absolute atomic E-state index is 10.8. The number of carbonyl (C=O) groups excluding carboxylic acids is 1. The first kappa shape index (κ1) is 14.0. The molecule has 0 bridgehead atoms. The molecule has 0 unspecified atom stereocenters. The maximum atomic E-state index is 10.8. The van der Waals surface area contributed by atoms with Crippen molar-refractivity contribution in [1.82, 2.24) is 5.43 Å². The van der Waals surface area contributed by atoms with E-state index in [-0.39, 0.29) is 5.91 Å². The van der Waals surface area contributed by atoms with Gasteiger partial charge in [-0.2, -0.15) is 5.10 Å². The lowest BCUT2D eigenvalue weighted by Crippen LogP contribution is -2.14. The minimum absolute atomic E-state index is 0.163. The second kappa shape index (κ2) is 6.12. The lowest BCUT2D eigenvalue weighted by molar-refractivity contribution is -0.118. The van der Waals surface area contributed by atoms with Gasteiger partial charge in [0.1, 0.15) is 0 Å². The first-order valence-corrected chi connectivity index (χ1v) is 7.34. The zero-order valence-corrected chi connectivity index (χ0v) is 13.0. The Hall–Kier alpha value is -1.46. The number of hydrazone groups is 1. The van der Waals surface area contributed by atoms with Gasteiger partial charge < -0.3 is 0 Å². The fourth-order valence-electron chi connectivity index (χ4n) is 1.52. The van der Waals surface area contributed by atoms with E-state index in [1.165, 1.54) is 17.4 Å². The number of thiophene rings is 1. The van der Waals surface area contributed by atoms with E-state index < -0.39 is 0 Å². The first-order chi connectivity index (χ1) is 9.06. The predicted molar refractivity (Wildman–Crippen MR) is 83.5 cm³/mol. The molecule has 0 aliphatic carbocycles. The molecule has 0 fully saturated rings. The molecule has 0 saturated heterocycles. The van der Waals surface area contributed by atoms with Gasteiger partial charge in [-0.15, -0.1) is 11.3 Å². The van der Waals surface area contributed by atoms with Crippen molar-refractivity contribution < 1.29 is 4.79 Å². The van der Waals surface area contributed by atoms with Gasteiger partial charge in [0.05, 0.1) is 10.6 Å². The van der Waals surface area contributed by atoms with Crippen molar-refractivity contribution in [2.24, 2.45) is 5.10 Å². The lowest BCUT2D eigenvalue weighted by atomic mass is 10.2.